The molecule has 3 rings (SSSR count). The number of aliphatic carboxylic acids is 1. The lowest BCUT2D eigenvalue weighted by molar-refractivity contribution is -0.149. The van der Waals surface area contributed by atoms with Crippen LogP contribution in [0, 0.1) is 0 Å². The van der Waals surface area contributed by atoms with E-state index in [1.807, 2.05) is 60.7 Å². The van der Waals surface area contributed by atoms with Crippen molar-refractivity contribution >= 4 is 22.8 Å². The molecule has 0 heterocycles. The third kappa shape index (κ3) is 5.39. The van der Waals surface area contributed by atoms with Gasteiger partial charge in [0, 0.05) is 18.6 Å². The molecule has 5 nitrogen and oxygen atoms in total. The van der Waals surface area contributed by atoms with Crippen LogP contribution in [0.25, 0.3) is 16.8 Å². The Hall–Kier alpha value is -3.31. The van der Waals surface area contributed by atoms with Crippen molar-refractivity contribution in [3.05, 3.63) is 77.9 Å². The van der Waals surface area contributed by atoms with E-state index in [1.54, 1.807) is 14.0 Å². The zero-order valence-electron chi connectivity index (χ0n) is 17.2. The fourth-order valence-corrected chi connectivity index (χ4v) is 3.29. The molecule has 0 saturated heterocycles. The summed E-state index contributed by atoms with van der Waals surface area (Å²) >= 11 is 0. The SMILES string of the molecule is CCOC(Cc1ccc(OCC=Cc2c(OC)ccc3ccccc23)cc1)C(=O)O. The molecular formula is C25H26O5. The van der Waals surface area contributed by atoms with Gasteiger partial charge in [0.15, 0.2) is 6.10 Å². The molecule has 0 aromatic heterocycles. The molecule has 0 saturated carbocycles. The fourth-order valence-electron chi connectivity index (χ4n) is 3.29. The van der Waals surface area contributed by atoms with Crippen LogP contribution >= 0.6 is 0 Å². The average Bonchev–Trinajstić information content (AvgIpc) is 2.77. The average molecular weight is 406 g/mol. The van der Waals surface area contributed by atoms with Crippen molar-refractivity contribution in [2.75, 3.05) is 20.3 Å². The van der Waals surface area contributed by atoms with Gasteiger partial charge in [-0.15, -0.1) is 0 Å². The van der Waals surface area contributed by atoms with E-state index in [0.717, 1.165) is 33.4 Å². The maximum absolute atomic E-state index is 11.2. The highest BCUT2D eigenvalue weighted by Gasteiger charge is 2.17. The second-order valence-electron chi connectivity index (χ2n) is 6.75. The molecule has 0 aliphatic carbocycles. The van der Waals surface area contributed by atoms with E-state index >= 15 is 0 Å². The van der Waals surface area contributed by atoms with E-state index in [9.17, 15) is 9.90 Å². The molecule has 30 heavy (non-hydrogen) atoms. The van der Waals surface area contributed by atoms with Crippen molar-refractivity contribution in [2.45, 2.75) is 19.4 Å². The zero-order valence-corrected chi connectivity index (χ0v) is 17.2. The van der Waals surface area contributed by atoms with Crippen LogP contribution in [0.1, 0.15) is 18.1 Å². The van der Waals surface area contributed by atoms with Crippen molar-refractivity contribution < 1.29 is 24.1 Å². The Labute approximate surface area is 176 Å². The van der Waals surface area contributed by atoms with Crippen molar-refractivity contribution in [3.8, 4) is 11.5 Å². The molecule has 1 N–H and O–H groups in total. The van der Waals surface area contributed by atoms with E-state index in [1.165, 1.54) is 0 Å². The second kappa shape index (κ2) is 10.5. The lowest BCUT2D eigenvalue weighted by Gasteiger charge is -2.12. The summed E-state index contributed by atoms with van der Waals surface area (Å²) in [6.07, 6.45) is 3.45. The first-order valence-corrected chi connectivity index (χ1v) is 9.90. The van der Waals surface area contributed by atoms with Crippen LogP contribution in [0.2, 0.25) is 0 Å². The molecule has 0 bridgehead atoms. The maximum Gasteiger partial charge on any atom is 0.333 e. The molecule has 5 heteroatoms. The van der Waals surface area contributed by atoms with E-state index in [0.29, 0.717) is 19.6 Å². The summed E-state index contributed by atoms with van der Waals surface area (Å²) in [5.74, 6) is 0.583. The summed E-state index contributed by atoms with van der Waals surface area (Å²) in [6.45, 7) is 2.56. The number of fused-ring (bicyclic) bond motifs is 1. The lowest BCUT2D eigenvalue weighted by Crippen LogP contribution is -2.26. The molecule has 0 aliphatic heterocycles. The summed E-state index contributed by atoms with van der Waals surface area (Å²) < 4.78 is 16.6. The predicted octanol–water partition coefficient (Wildman–Crippen LogP) is 4.97. The Morgan fingerprint density at radius 1 is 1.07 bits per heavy atom. The van der Waals surface area contributed by atoms with Gasteiger partial charge in [-0.1, -0.05) is 48.5 Å². The minimum atomic E-state index is -0.953. The van der Waals surface area contributed by atoms with Gasteiger partial charge in [-0.05, 0) is 47.5 Å². The van der Waals surface area contributed by atoms with Crippen LogP contribution in [0.15, 0.2) is 66.7 Å². The first-order valence-electron chi connectivity index (χ1n) is 9.90. The van der Waals surface area contributed by atoms with E-state index in [-0.39, 0.29) is 0 Å². The summed E-state index contributed by atoms with van der Waals surface area (Å²) in [4.78, 5) is 11.2. The van der Waals surface area contributed by atoms with Crippen LogP contribution in [0.5, 0.6) is 11.5 Å². The number of ether oxygens (including phenoxy) is 3. The summed E-state index contributed by atoms with van der Waals surface area (Å²) in [5.41, 5.74) is 1.91. The molecule has 0 radical (unpaired) electrons. The highest BCUT2D eigenvalue weighted by Crippen LogP contribution is 2.29. The Balaban J connectivity index is 1.62. The smallest absolute Gasteiger partial charge is 0.333 e. The Bertz CT molecular complexity index is 1010. The third-order valence-corrected chi connectivity index (χ3v) is 4.77. The van der Waals surface area contributed by atoms with Gasteiger partial charge >= 0.3 is 5.97 Å². The first-order chi connectivity index (χ1) is 14.6. The number of carboxylic acid groups (broad SMARTS) is 1. The van der Waals surface area contributed by atoms with Gasteiger partial charge in [-0.2, -0.15) is 0 Å². The summed E-state index contributed by atoms with van der Waals surface area (Å²) in [7, 11) is 1.67. The zero-order chi connectivity index (χ0) is 21.3. The van der Waals surface area contributed by atoms with E-state index in [4.69, 9.17) is 14.2 Å². The van der Waals surface area contributed by atoms with Gasteiger partial charge in [-0.3, -0.25) is 0 Å². The number of hydrogen-bond donors (Lipinski definition) is 1. The normalized spacial score (nSPS) is 12.2. The third-order valence-electron chi connectivity index (χ3n) is 4.77. The molecule has 0 aliphatic rings. The highest BCUT2D eigenvalue weighted by atomic mass is 16.5. The number of carbonyl (C=O) groups is 1. The number of carboxylic acids is 1. The fraction of sp³-hybridized carbons (Fsp3) is 0.240. The Kier molecular flexibility index (Phi) is 7.46. The molecular weight excluding hydrogens is 380 g/mol. The minimum absolute atomic E-state index is 0.324. The number of rotatable bonds is 10. The monoisotopic (exact) mass is 406 g/mol. The van der Waals surface area contributed by atoms with Crippen LogP contribution < -0.4 is 9.47 Å². The Morgan fingerprint density at radius 3 is 2.53 bits per heavy atom. The second-order valence-corrected chi connectivity index (χ2v) is 6.75. The van der Waals surface area contributed by atoms with Gasteiger partial charge in [0.05, 0.1) is 7.11 Å². The standard InChI is InChI=1S/C25H26O5/c1-3-29-24(25(26)27)17-18-10-13-20(14-11-18)30-16-6-9-22-21-8-5-4-7-19(21)12-15-23(22)28-2/h4-15,24H,3,16-17H2,1-2H3,(H,26,27). The highest BCUT2D eigenvalue weighted by molar-refractivity contribution is 5.93. The Morgan fingerprint density at radius 2 is 1.83 bits per heavy atom. The lowest BCUT2D eigenvalue weighted by atomic mass is 10.0. The van der Waals surface area contributed by atoms with Gasteiger partial charge in [0.1, 0.15) is 18.1 Å². The predicted molar refractivity (Wildman–Crippen MR) is 118 cm³/mol. The minimum Gasteiger partial charge on any atom is -0.496 e. The van der Waals surface area contributed by atoms with Crippen LogP contribution in [0.3, 0.4) is 0 Å². The van der Waals surface area contributed by atoms with Crippen molar-refractivity contribution in [1.29, 1.82) is 0 Å². The van der Waals surface area contributed by atoms with Crippen LogP contribution in [0.4, 0.5) is 0 Å². The van der Waals surface area contributed by atoms with Crippen molar-refractivity contribution in [2.24, 2.45) is 0 Å². The van der Waals surface area contributed by atoms with Crippen LogP contribution in [-0.2, 0) is 16.0 Å². The molecule has 0 spiro atoms. The molecule has 0 fully saturated rings. The van der Waals surface area contributed by atoms with Crippen molar-refractivity contribution in [3.63, 3.8) is 0 Å². The molecule has 0 amide bonds. The summed E-state index contributed by atoms with van der Waals surface area (Å²) in [5, 5.41) is 11.5. The van der Waals surface area contributed by atoms with Crippen molar-refractivity contribution in [1.82, 2.24) is 0 Å². The van der Waals surface area contributed by atoms with E-state index < -0.39 is 12.1 Å². The molecule has 3 aromatic rings. The number of methoxy groups -OCH3 is 1. The molecule has 3 aromatic carbocycles. The van der Waals surface area contributed by atoms with E-state index in [2.05, 4.69) is 12.1 Å². The van der Waals surface area contributed by atoms with Gasteiger partial charge < -0.3 is 19.3 Å². The quantitative estimate of drug-likeness (QED) is 0.515. The molecule has 1 atom stereocenters. The van der Waals surface area contributed by atoms with Gasteiger partial charge in [0.2, 0.25) is 0 Å². The largest absolute Gasteiger partial charge is 0.496 e. The summed E-state index contributed by atoms with van der Waals surface area (Å²) in [6, 6.07) is 19.6. The topological polar surface area (TPSA) is 65.0 Å². The molecule has 1 unspecified atom stereocenters. The molecule has 156 valence electrons. The maximum atomic E-state index is 11.2. The van der Waals surface area contributed by atoms with Crippen LogP contribution in [-0.4, -0.2) is 37.5 Å². The first kappa shape index (κ1) is 21.4. The van der Waals surface area contributed by atoms with Gasteiger partial charge in [0.25, 0.3) is 0 Å². The number of benzene rings is 3. The van der Waals surface area contributed by atoms with Gasteiger partial charge in [-0.25, -0.2) is 4.79 Å². The number of hydrogen-bond acceptors (Lipinski definition) is 4.